The normalized spacial score (nSPS) is 19.1. The van der Waals surface area contributed by atoms with E-state index in [1.807, 2.05) is 6.07 Å². The smallest absolute Gasteiger partial charge is 0.261 e. The van der Waals surface area contributed by atoms with Crippen LogP contribution < -0.4 is 16.2 Å². The highest BCUT2D eigenvalue weighted by Gasteiger charge is 2.35. The summed E-state index contributed by atoms with van der Waals surface area (Å²) in [5.41, 5.74) is 1.10. The Morgan fingerprint density at radius 1 is 1.18 bits per heavy atom. The van der Waals surface area contributed by atoms with Crippen LogP contribution in [-0.4, -0.2) is 23.1 Å². The van der Waals surface area contributed by atoms with Gasteiger partial charge in [-0.05, 0) is 68.8 Å². The summed E-state index contributed by atoms with van der Waals surface area (Å²) in [7, 11) is 0. The van der Waals surface area contributed by atoms with Crippen LogP contribution in [0.15, 0.2) is 47.3 Å². The number of hydrogen-bond donors (Lipinski definition) is 2. The lowest BCUT2D eigenvalue weighted by Crippen LogP contribution is -2.37. The predicted molar refractivity (Wildman–Crippen MR) is 123 cm³/mol. The Morgan fingerprint density at radius 2 is 1.97 bits per heavy atom. The van der Waals surface area contributed by atoms with E-state index in [0.29, 0.717) is 28.8 Å². The molecule has 1 aliphatic heterocycles. The van der Waals surface area contributed by atoms with Crippen molar-refractivity contribution in [1.29, 1.82) is 0 Å². The molecule has 5 rings (SSSR count). The molecule has 3 aromatic rings. The molecule has 0 bridgehead atoms. The molecule has 1 amide bonds. The molecule has 2 heterocycles. The summed E-state index contributed by atoms with van der Waals surface area (Å²) in [4.78, 5) is 26.9. The summed E-state index contributed by atoms with van der Waals surface area (Å²) >= 11 is 0. The van der Waals surface area contributed by atoms with Crippen molar-refractivity contribution in [3.8, 4) is 0 Å². The Kier molecular flexibility index (Phi) is 5.74. The van der Waals surface area contributed by atoms with Crippen LogP contribution in [0.2, 0.25) is 0 Å². The number of amides is 1. The highest BCUT2D eigenvalue weighted by molar-refractivity contribution is 6.08. The molecule has 0 radical (unpaired) electrons. The molecular weight excluding hydrogens is 424 g/mol. The second kappa shape index (κ2) is 8.71. The highest BCUT2D eigenvalue weighted by Crippen LogP contribution is 2.41. The highest BCUT2D eigenvalue weighted by atomic mass is 19.1. The van der Waals surface area contributed by atoms with Gasteiger partial charge in [0.15, 0.2) is 0 Å². The van der Waals surface area contributed by atoms with Gasteiger partial charge in [-0.3, -0.25) is 9.59 Å². The number of nitrogens with one attached hydrogen (secondary N) is 2. The van der Waals surface area contributed by atoms with Crippen LogP contribution in [-0.2, 0) is 6.54 Å². The van der Waals surface area contributed by atoms with Crippen LogP contribution in [0.25, 0.3) is 10.8 Å². The van der Waals surface area contributed by atoms with Crippen molar-refractivity contribution in [1.82, 2.24) is 15.2 Å². The fourth-order valence-electron chi connectivity index (χ4n) is 5.02. The van der Waals surface area contributed by atoms with Crippen LogP contribution in [0.4, 0.5) is 8.78 Å². The molecule has 2 aliphatic rings. The number of pyridine rings is 1. The molecular formula is C26H27F2N3O2. The maximum atomic E-state index is 14.8. The third kappa shape index (κ3) is 4.17. The molecule has 2 atom stereocenters. The van der Waals surface area contributed by atoms with Crippen molar-refractivity contribution in [2.75, 3.05) is 6.54 Å². The van der Waals surface area contributed by atoms with Crippen LogP contribution in [0.1, 0.15) is 53.3 Å². The Hall–Kier alpha value is -3.06. The van der Waals surface area contributed by atoms with Gasteiger partial charge >= 0.3 is 0 Å². The van der Waals surface area contributed by atoms with Crippen molar-refractivity contribution >= 4 is 16.7 Å². The Bertz CT molecular complexity index is 1280. The molecule has 1 saturated carbocycles. The first-order valence-corrected chi connectivity index (χ1v) is 11.6. The minimum absolute atomic E-state index is 0.0695. The van der Waals surface area contributed by atoms with Crippen molar-refractivity contribution in [3.05, 3.63) is 81.3 Å². The maximum Gasteiger partial charge on any atom is 0.261 e. The van der Waals surface area contributed by atoms with Gasteiger partial charge in [-0.25, -0.2) is 8.78 Å². The Balaban J connectivity index is 1.59. The lowest BCUT2D eigenvalue weighted by atomic mass is 9.99. The first-order valence-electron chi connectivity index (χ1n) is 11.6. The van der Waals surface area contributed by atoms with E-state index in [1.54, 1.807) is 19.1 Å². The number of benzene rings is 2. The fraction of sp³-hybridized carbons (Fsp3) is 0.385. The van der Waals surface area contributed by atoms with E-state index in [2.05, 4.69) is 10.6 Å². The number of rotatable bonds is 6. The first-order chi connectivity index (χ1) is 15.9. The average Bonchev–Trinajstić information content (AvgIpc) is 3.50. The molecule has 2 aromatic carbocycles. The Morgan fingerprint density at radius 3 is 2.67 bits per heavy atom. The van der Waals surface area contributed by atoms with E-state index in [-0.39, 0.29) is 35.1 Å². The van der Waals surface area contributed by atoms with E-state index in [0.717, 1.165) is 32.2 Å². The minimum Gasteiger partial charge on any atom is -0.345 e. The lowest BCUT2D eigenvalue weighted by Gasteiger charge is -2.23. The molecule has 172 valence electrons. The maximum absolute atomic E-state index is 14.8. The average molecular weight is 452 g/mol. The zero-order chi connectivity index (χ0) is 23.1. The minimum atomic E-state index is -0.636. The molecule has 0 unspecified atom stereocenters. The van der Waals surface area contributed by atoms with E-state index in [9.17, 15) is 18.4 Å². The SMILES string of the molecule is Cc1c(C(=O)N[C@H](c2cccc(F)c2)C2CC2)c2cccc(F)c2c(=O)n1C[C@@H]1CCCN1. The van der Waals surface area contributed by atoms with Gasteiger partial charge in [-0.2, -0.15) is 0 Å². The number of halogens is 2. The van der Waals surface area contributed by atoms with Gasteiger partial charge in [0.05, 0.1) is 17.0 Å². The van der Waals surface area contributed by atoms with Crippen LogP contribution in [0.3, 0.4) is 0 Å². The van der Waals surface area contributed by atoms with E-state index in [4.69, 9.17) is 0 Å². The Labute approximate surface area is 190 Å². The third-order valence-electron chi connectivity index (χ3n) is 6.89. The first kappa shape index (κ1) is 21.8. The fourth-order valence-corrected chi connectivity index (χ4v) is 5.02. The zero-order valence-corrected chi connectivity index (χ0v) is 18.5. The predicted octanol–water partition coefficient (Wildman–Crippen LogP) is 4.22. The van der Waals surface area contributed by atoms with Gasteiger partial charge in [-0.1, -0.05) is 24.3 Å². The second-order valence-electron chi connectivity index (χ2n) is 9.18. The monoisotopic (exact) mass is 451 g/mol. The molecule has 2 fully saturated rings. The van der Waals surface area contributed by atoms with Crippen molar-refractivity contribution in [3.63, 3.8) is 0 Å². The molecule has 33 heavy (non-hydrogen) atoms. The molecule has 1 aromatic heterocycles. The summed E-state index contributed by atoms with van der Waals surface area (Å²) in [6, 6.07) is 10.4. The molecule has 2 N–H and O–H groups in total. The standard InChI is InChI=1S/C26H27F2N3O2/c1-15-22(25(32)30-24(16-10-11-16)17-5-2-6-18(27)13-17)20-8-3-9-21(28)23(20)26(33)31(15)14-19-7-4-12-29-19/h2-3,5-6,8-9,13,16,19,24,29H,4,7,10-12,14H2,1H3,(H,30,32)/t19-,24-/m0/s1. The topological polar surface area (TPSA) is 63.1 Å². The molecule has 1 aliphatic carbocycles. The summed E-state index contributed by atoms with van der Waals surface area (Å²) in [5.74, 6) is -1.14. The summed E-state index contributed by atoms with van der Waals surface area (Å²) in [5, 5.41) is 6.67. The largest absolute Gasteiger partial charge is 0.345 e. The van der Waals surface area contributed by atoms with Crippen molar-refractivity contribution in [2.24, 2.45) is 5.92 Å². The quantitative estimate of drug-likeness (QED) is 0.590. The summed E-state index contributed by atoms with van der Waals surface area (Å²) in [6.45, 7) is 3.00. The number of hydrogen-bond acceptors (Lipinski definition) is 3. The van der Waals surface area contributed by atoms with Gasteiger partial charge in [-0.15, -0.1) is 0 Å². The van der Waals surface area contributed by atoms with E-state index in [1.165, 1.54) is 28.8 Å². The molecule has 0 spiro atoms. The number of carbonyl (C=O) groups excluding carboxylic acids is 1. The van der Waals surface area contributed by atoms with E-state index >= 15 is 0 Å². The van der Waals surface area contributed by atoms with Gasteiger partial charge in [0.25, 0.3) is 11.5 Å². The van der Waals surface area contributed by atoms with Crippen molar-refractivity contribution in [2.45, 2.75) is 51.2 Å². The van der Waals surface area contributed by atoms with E-state index < -0.39 is 11.4 Å². The summed E-state index contributed by atoms with van der Waals surface area (Å²) in [6.07, 6.45) is 3.84. The van der Waals surface area contributed by atoms with Crippen LogP contribution in [0.5, 0.6) is 0 Å². The van der Waals surface area contributed by atoms with Crippen LogP contribution >= 0.6 is 0 Å². The second-order valence-corrected chi connectivity index (χ2v) is 9.18. The molecule has 5 nitrogen and oxygen atoms in total. The third-order valence-corrected chi connectivity index (χ3v) is 6.89. The number of fused-ring (bicyclic) bond motifs is 1. The van der Waals surface area contributed by atoms with Gasteiger partial charge < -0.3 is 15.2 Å². The van der Waals surface area contributed by atoms with Gasteiger partial charge in [0.1, 0.15) is 11.6 Å². The van der Waals surface area contributed by atoms with Crippen LogP contribution in [0, 0.1) is 24.5 Å². The zero-order valence-electron chi connectivity index (χ0n) is 18.5. The van der Waals surface area contributed by atoms with Gasteiger partial charge in [0.2, 0.25) is 0 Å². The number of carbonyl (C=O) groups is 1. The van der Waals surface area contributed by atoms with Crippen molar-refractivity contribution < 1.29 is 13.6 Å². The molecule has 1 saturated heterocycles. The summed E-state index contributed by atoms with van der Waals surface area (Å²) < 4.78 is 30.2. The lowest BCUT2D eigenvalue weighted by molar-refractivity contribution is 0.0931. The number of aromatic nitrogens is 1. The number of nitrogens with zero attached hydrogens (tertiary/aromatic N) is 1. The molecule has 7 heteroatoms. The van der Waals surface area contributed by atoms with Gasteiger partial charge in [0, 0.05) is 23.7 Å².